The van der Waals surface area contributed by atoms with Crippen molar-refractivity contribution < 1.29 is 14.5 Å². The van der Waals surface area contributed by atoms with E-state index in [9.17, 15) is 19.7 Å². The Morgan fingerprint density at radius 1 is 1.03 bits per heavy atom. The summed E-state index contributed by atoms with van der Waals surface area (Å²) in [7, 11) is 0. The number of benzene rings is 3. The average molecular weight is 459 g/mol. The van der Waals surface area contributed by atoms with Crippen LogP contribution in [0.2, 0.25) is 0 Å². The van der Waals surface area contributed by atoms with Gasteiger partial charge in [0, 0.05) is 18.2 Å². The van der Waals surface area contributed by atoms with E-state index in [4.69, 9.17) is 0 Å². The number of hydrogen-bond acceptors (Lipinski definition) is 5. The number of anilines is 3. The number of nitro groups is 1. The summed E-state index contributed by atoms with van der Waals surface area (Å²) in [6.45, 7) is 3.73. The van der Waals surface area contributed by atoms with Gasteiger partial charge < -0.3 is 10.6 Å². The highest BCUT2D eigenvalue weighted by Gasteiger charge is 2.36. The average Bonchev–Trinajstić information content (AvgIpc) is 2.93. The maximum Gasteiger partial charge on any atom is 0.270 e. The fraction of sp³-hybridized carbons (Fsp3) is 0.231. The summed E-state index contributed by atoms with van der Waals surface area (Å²) in [6, 6.07) is 20.2. The van der Waals surface area contributed by atoms with E-state index < -0.39 is 16.9 Å². The molecule has 0 aromatic heterocycles. The molecule has 3 aromatic carbocycles. The molecule has 0 saturated carbocycles. The van der Waals surface area contributed by atoms with Crippen molar-refractivity contribution in [1.82, 2.24) is 5.32 Å². The third-order valence-corrected chi connectivity index (χ3v) is 5.69. The Morgan fingerprint density at radius 2 is 1.74 bits per heavy atom. The van der Waals surface area contributed by atoms with Gasteiger partial charge >= 0.3 is 0 Å². The van der Waals surface area contributed by atoms with Crippen molar-refractivity contribution in [3.63, 3.8) is 0 Å². The predicted molar refractivity (Wildman–Crippen MR) is 131 cm³/mol. The lowest BCUT2D eigenvalue weighted by molar-refractivity contribution is -0.384. The Morgan fingerprint density at radius 3 is 2.44 bits per heavy atom. The second-order valence-corrected chi connectivity index (χ2v) is 8.51. The zero-order valence-electron chi connectivity index (χ0n) is 19.0. The Balaban J connectivity index is 1.81. The van der Waals surface area contributed by atoms with Crippen LogP contribution < -0.4 is 15.5 Å². The van der Waals surface area contributed by atoms with Gasteiger partial charge in [-0.15, -0.1) is 0 Å². The quantitative estimate of drug-likeness (QED) is 0.390. The van der Waals surface area contributed by atoms with Crippen molar-refractivity contribution in [2.45, 2.75) is 38.8 Å². The summed E-state index contributed by atoms with van der Waals surface area (Å²) in [5.74, 6) is -0.740. The van der Waals surface area contributed by atoms with Crippen LogP contribution in [-0.4, -0.2) is 28.8 Å². The molecule has 34 heavy (non-hydrogen) atoms. The fourth-order valence-electron chi connectivity index (χ4n) is 4.12. The first kappa shape index (κ1) is 23.0. The van der Waals surface area contributed by atoms with Crippen LogP contribution in [-0.2, 0) is 11.2 Å². The number of aryl methyl sites for hydroxylation is 1. The van der Waals surface area contributed by atoms with Gasteiger partial charge in [0.05, 0.1) is 27.5 Å². The smallest absolute Gasteiger partial charge is 0.270 e. The van der Waals surface area contributed by atoms with Gasteiger partial charge in [-0.2, -0.15) is 0 Å². The Bertz CT molecular complexity index is 1230. The van der Waals surface area contributed by atoms with E-state index in [0.29, 0.717) is 29.9 Å². The molecular weight excluding hydrogens is 432 g/mol. The summed E-state index contributed by atoms with van der Waals surface area (Å²) >= 11 is 0. The molecule has 0 bridgehead atoms. The number of nitro benzene ring substituents is 1. The van der Waals surface area contributed by atoms with E-state index in [1.165, 1.54) is 23.1 Å². The monoisotopic (exact) mass is 458 g/mol. The number of nitrogens with one attached hydrogen (secondary N) is 2. The molecule has 1 unspecified atom stereocenters. The number of carbonyl (C=O) groups is 2. The minimum atomic E-state index is -0.816. The third-order valence-electron chi connectivity index (χ3n) is 5.69. The Labute approximate surface area is 197 Å². The lowest BCUT2D eigenvalue weighted by Gasteiger charge is -2.31. The van der Waals surface area contributed by atoms with Crippen LogP contribution in [0.15, 0.2) is 72.8 Å². The Kier molecular flexibility index (Phi) is 6.58. The van der Waals surface area contributed by atoms with Crippen molar-refractivity contribution in [1.29, 1.82) is 0 Å². The normalized spacial score (nSPS) is 13.4. The first-order chi connectivity index (χ1) is 16.3. The molecule has 1 aliphatic heterocycles. The first-order valence-electron chi connectivity index (χ1n) is 11.2. The molecule has 4 rings (SSSR count). The van der Waals surface area contributed by atoms with Crippen molar-refractivity contribution in [2.75, 3.05) is 10.2 Å². The molecular formula is C26H26N4O4. The second-order valence-electron chi connectivity index (χ2n) is 8.51. The van der Waals surface area contributed by atoms with E-state index >= 15 is 0 Å². The van der Waals surface area contributed by atoms with E-state index in [1.54, 1.807) is 12.1 Å². The summed E-state index contributed by atoms with van der Waals surface area (Å²) in [5.41, 5.74) is 2.65. The molecule has 8 heteroatoms. The van der Waals surface area contributed by atoms with Gasteiger partial charge in [0.25, 0.3) is 11.6 Å². The van der Waals surface area contributed by atoms with Crippen molar-refractivity contribution in [3.05, 3.63) is 94.0 Å². The first-order valence-corrected chi connectivity index (χ1v) is 11.2. The minimum absolute atomic E-state index is 0.115. The van der Waals surface area contributed by atoms with E-state index in [-0.39, 0.29) is 23.2 Å². The molecule has 2 amide bonds. The maximum absolute atomic E-state index is 13.9. The summed E-state index contributed by atoms with van der Waals surface area (Å²) in [6.07, 6.45) is 0.963. The molecule has 0 aliphatic carbocycles. The predicted octanol–water partition coefficient (Wildman–Crippen LogP) is 4.82. The van der Waals surface area contributed by atoms with Gasteiger partial charge in [0.15, 0.2) is 0 Å². The molecule has 0 radical (unpaired) electrons. The minimum Gasteiger partial charge on any atom is -0.353 e. The van der Waals surface area contributed by atoms with Crippen molar-refractivity contribution in [3.8, 4) is 0 Å². The molecule has 2 N–H and O–H groups in total. The highest BCUT2D eigenvalue weighted by atomic mass is 16.6. The van der Waals surface area contributed by atoms with Gasteiger partial charge in [-0.25, -0.2) is 0 Å². The van der Waals surface area contributed by atoms with E-state index in [2.05, 4.69) is 10.6 Å². The van der Waals surface area contributed by atoms with Crippen molar-refractivity contribution >= 4 is 34.6 Å². The highest BCUT2D eigenvalue weighted by Crippen LogP contribution is 2.38. The molecule has 1 atom stereocenters. The Hall–Kier alpha value is -4.20. The van der Waals surface area contributed by atoms with E-state index in [0.717, 1.165) is 5.56 Å². The van der Waals surface area contributed by atoms with Crippen molar-refractivity contribution in [2.24, 2.45) is 0 Å². The number of nitrogens with zero attached hydrogens (tertiary/aromatic N) is 2. The molecule has 8 nitrogen and oxygen atoms in total. The number of fused-ring (bicyclic) bond motifs is 2. The molecule has 0 fully saturated rings. The third kappa shape index (κ3) is 4.76. The number of para-hydroxylation sites is 2. The standard InChI is InChI=1S/C26H26N4O4/c1-17(2)27-25(31)24(15-12-18-8-4-3-5-9-18)29-23-11-7-6-10-22(23)28-21-14-13-19(30(33)34)16-20(21)26(29)32/h3-11,13-14,16-17,24,28H,12,15H2,1-2H3,(H,27,31). The number of non-ortho nitro benzene ring substituents is 1. The fourth-order valence-corrected chi connectivity index (χ4v) is 4.12. The van der Waals surface area contributed by atoms with Crippen LogP contribution in [0.5, 0.6) is 0 Å². The molecule has 0 saturated heterocycles. The van der Waals surface area contributed by atoms with E-state index in [1.807, 2.05) is 56.3 Å². The second kappa shape index (κ2) is 9.74. The van der Waals surface area contributed by atoms with Gasteiger partial charge in [-0.3, -0.25) is 24.6 Å². The van der Waals surface area contributed by atoms with Crippen LogP contribution >= 0.6 is 0 Å². The van der Waals surface area contributed by atoms with Gasteiger partial charge in [-0.1, -0.05) is 42.5 Å². The van der Waals surface area contributed by atoms with Gasteiger partial charge in [0.1, 0.15) is 6.04 Å². The number of rotatable bonds is 7. The number of hydrogen-bond donors (Lipinski definition) is 2. The van der Waals surface area contributed by atoms with Crippen LogP contribution in [0.25, 0.3) is 0 Å². The SMILES string of the molecule is CC(C)NC(=O)C(CCc1ccccc1)N1C(=O)c2cc([N+](=O)[O-])ccc2Nc2ccccc21. The van der Waals surface area contributed by atoms with Crippen LogP contribution in [0.1, 0.15) is 36.2 Å². The number of carbonyl (C=O) groups excluding carboxylic acids is 2. The molecule has 1 heterocycles. The zero-order chi connectivity index (χ0) is 24.2. The van der Waals surface area contributed by atoms with Crippen LogP contribution in [0.4, 0.5) is 22.7 Å². The summed E-state index contributed by atoms with van der Waals surface area (Å²) in [5, 5.41) is 17.6. The van der Waals surface area contributed by atoms with Gasteiger partial charge in [0.2, 0.25) is 5.91 Å². The zero-order valence-corrected chi connectivity index (χ0v) is 19.0. The molecule has 3 aromatic rings. The molecule has 174 valence electrons. The van der Waals surface area contributed by atoms with Gasteiger partial charge in [-0.05, 0) is 50.5 Å². The summed E-state index contributed by atoms with van der Waals surface area (Å²) < 4.78 is 0. The van der Waals surface area contributed by atoms with Crippen LogP contribution in [0, 0.1) is 10.1 Å². The molecule has 0 spiro atoms. The molecule has 1 aliphatic rings. The maximum atomic E-state index is 13.9. The highest BCUT2D eigenvalue weighted by molar-refractivity contribution is 6.16. The largest absolute Gasteiger partial charge is 0.353 e. The number of amides is 2. The lowest BCUT2D eigenvalue weighted by Crippen LogP contribution is -2.51. The lowest BCUT2D eigenvalue weighted by atomic mass is 10.0. The topological polar surface area (TPSA) is 105 Å². The van der Waals surface area contributed by atoms with Crippen LogP contribution in [0.3, 0.4) is 0 Å². The summed E-state index contributed by atoms with van der Waals surface area (Å²) in [4.78, 5) is 39.6.